The Hall–Kier alpha value is -1.42. The number of benzene rings is 1. The first-order chi connectivity index (χ1) is 7.72. The number of nitrogens with zero attached hydrogens (tertiary/aromatic N) is 2. The van der Waals surface area contributed by atoms with Crippen molar-refractivity contribution in [3.8, 4) is 11.1 Å². The molecule has 1 heterocycles. The van der Waals surface area contributed by atoms with E-state index in [0.717, 1.165) is 16.9 Å². The summed E-state index contributed by atoms with van der Waals surface area (Å²) in [4.78, 5) is 1.29. The molecule has 3 nitrogen and oxygen atoms in total. The fourth-order valence-electron chi connectivity index (χ4n) is 1.57. The summed E-state index contributed by atoms with van der Waals surface area (Å²) in [6.45, 7) is 2.15. The summed E-state index contributed by atoms with van der Waals surface area (Å²) in [5, 5.41) is 4.14. The van der Waals surface area contributed by atoms with E-state index in [0.29, 0.717) is 5.82 Å². The van der Waals surface area contributed by atoms with Crippen LogP contribution in [0.25, 0.3) is 11.1 Å². The van der Waals surface area contributed by atoms with Crippen molar-refractivity contribution in [2.45, 2.75) is 11.8 Å². The fourth-order valence-corrected chi connectivity index (χ4v) is 2.23. The minimum absolute atomic E-state index is 0.705. The second kappa shape index (κ2) is 4.61. The van der Waals surface area contributed by atoms with Gasteiger partial charge in [0.15, 0.2) is 0 Å². The summed E-state index contributed by atoms with van der Waals surface area (Å²) in [5.74, 6) is 1.80. The van der Waals surface area contributed by atoms with Gasteiger partial charge in [0.05, 0.1) is 6.20 Å². The zero-order valence-electron chi connectivity index (χ0n) is 9.47. The van der Waals surface area contributed by atoms with Crippen LogP contribution in [0, 0.1) is 0 Å². The Kier molecular flexibility index (Phi) is 3.19. The molecule has 16 heavy (non-hydrogen) atoms. The Morgan fingerprint density at radius 2 is 2.00 bits per heavy atom. The highest BCUT2D eigenvalue weighted by Crippen LogP contribution is 2.27. The highest BCUT2D eigenvalue weighted by molar-refractivity contribution is 7.99. The molecule has 0 aliphatic carbocycles. The smallest absolute Gasteiger partial charge is 0.129 e. The molecular formula is C12H15N3S. The molecule has 0 aliphatic rings. The molecule has 2 aromatic rings. The van der Waals surface area contributed by atoms with Crippen LogP contribution in [-0.2, 0) is 7.05 Å². The predicted octanol–water partition coefficient (Wildman–Crippen LogP) is 2.78. The second-order valence-electron chi connectivity index (χ2n) is 3.52. The van der Waals surface area contributed by atoms with Gasteiger partial charge < -0.3 is 5.73 Å². The van der Waals surface area contributed by atoms with Crippen molar-refractivity contribution in [3.05, 3.63) is 30.5 Å². The fraction of sp³-hybridized carbons (Fsp3) is 0.250. The number of aryl methyl sites for hydroxylation is 1. The number of thioether (sulfide) groups is 1. The second-order valence-corrected chi connectivity index (χ2v) is 4.86. The van der Waals surface area contributed by atoms with E-state index in [-0.39, 0.29) is 0 Å². The summed E-state index contributed by atoms with van der Waals surface area (Å²) in [6.07, 6.45) is 1.80. The van der Waals surface area contributed by atoms with Crippen molar-refractivity contribution in [2.24, 2.45) is 7.05 Å². The minimum atomic E-state index is 0.705. The maximum atomic E-state index is 5.93. The van der Waals surface area contributed by atoms with E-state index < -0.39 is 0 Å². The average molecular weight is 233 g/mol. The van der Waals surface area contributed by atoms with Crippen LogP contribution in [0.3, 0.4) is 0 Å². The van der Waals surface area contributed by atoms with Crippen LogP contribution >= 0.6 is 11.8 Å². The summed E-state index contributed by atoms with van der Waals surface area (Å²) < 4.78 is 1.68. The minimum Gasteiger partial charge on any atom is -0.383 e. The van der Waals surface area contributed by atoms with Gasteiger partial charge in [-0.25, -0.2) is 0 Å². The van der Waals surface area contributed by atoms with Gasteiger partial charge in [-0.2, -0.15) is 5.10 Å². The van der Waals surface area contributed by atoms with E-state index in [1.54, 1.807) is 10.9 Å². The number of rotatable bonds is 3. The van der Waals surface area contributed by atoms with E-state index in [1.165, 1.54) is 4.90 Å². The highest BCUT2D eigenvalue weighted by Gasteiger charge is 2.06. The number of nitrogen functional groups attached to an aromatic ring is 1. The van der Waals surface area contributed by atoms with Crippen LogP contribution in [0.2, 0.25) is 0 Å². The molecule has 4 heteroatoms. The van der Waals surface area contributed by atoms with E-state index in [9.17, 15) is 0 Å². The maximum Gasteiger partial charge on any atom is 0.129 e. The lowest BCUT2D eigenvalue weighted by Gasteiger charge is -2.02. The topological polar surface area (TPSA) is 43.8 Å². The third kappa shape index (κ3) is 2.07. The predicted molar refractivity (Wildman–Crippen MR) is 69.5 cm³/mol. The Morgan fingerprint density at radius 1 is 1.31 bits per heavy atom. The molecule has 1 aromatic heterocycles. The van der Waals surface area contributed by atoms with Gasteiger partial charge in [-0.05, 0) is 23.4 Å². The van der Waals surface area contributed by atoms with Crippen molar-refractivity contribution in [3.63, 3.8) is 0 Å². The molecular weight excluding hydrogens is 218 g/mol. The van der Waals surface area contributed by atoms with Crippen molar-refractivity contribution < 1.29 is 0 Å². The first-order valence-corrected chi connectivity index (χ1v) is 6.21. The van der Waals surface area contributed by atoms with Crippen molar-refractivity contribution in [2.75, 3.05) is 11.5 Å². The molecule has 2 rings (SSSR count). The lowest BCUT2D eigenvalue weighted by molar-refractivity contribution is 0.779. The molecule has 0 aliphatic heterocycles. The van der Waals surface area contributed by atoms with Crippen molar-refractivity contribution in [1.82, 2.24) is 9.78 Å². The Labute approximate surface area is 99.7 Å². The zero-order chi connectivity index (χ0) is 11.5. The van der Waals surface area contributed by atoms with E-state index >= 15 is 0 Å². The Morgan fingerprint density at radius 3 is 2.50 bits per heavy atom. The summed E-state index contributed by atoms with van der Waals surface area (Å²) in [7, 11) is 1.85. The third-order valence-corrected chi connectivity index (χ3v) is 3.36. The summed E-state index contributed by atoms with van der Waals surface area (Å²) in [6, 6.07) is 8.42. The number of nitrogens with two attached hydrogens (primary N) is 1. The van der Waals surface area contributed by atoms with Gasteiger partial charge in [-0.15, -0.1) is 11.8 Å². The Balaban J connectivity index is 2.31. The van der Waals surface area contributed by atoms with Gasteiger partial charge >= 0.3 is 0 Å². The van der Waals surface area contributed by atoms with Crippen LogP contribution in [0.15, 0.2) is 35.4 Å². The van der Waals surface area contributed by atoms with E-state index in [1.807, 2.05) is 18.8 Å². The number of hydrogen-bond donors (Lipinski definition) is 1. The molecule has 0 amide bonds. The van der Waals surface area contributed by atoms with Crippen LogP contribution in [0.4, 0.5) is 5.82 Å². The number of aromatic nitrogens is 2. The van der Waals surface area contributed by atoms with Crippen molar-refractivity contribution >= 4 is 17.6 Å². The number of anilines is 1. The summed E-state index contributed by atoms with van der Waals surface area (Å²) >= 11 is 1.84. The van der Waals surface area contributed by atoms with Crippen LogP contribution in [0.5, 0.6) is 0 Å². The standard InChI is InChI=1S/C12H15N3S/c1-3-16-10-6-4-9(5-7-10)11-8-14-15(2)12(11)13/h4-8H,3,13H2,1-2H3. The molecule has 0 unspecified atom stereocenters. The van der Waals surface area contributed by atoms with E-state index in [4.69, 9.17) is 5.73 Å². The molecule has 0 saturated heterocycles. The van der Waals surface area contributed by atoms with Gasteiger partial charge in [0.1, 0.15) is 5.82 Å². The van der Waals surface area contributed by atoms with Crippen LogP contribution in [0.1, 0.15) is 6.92 Å². The highest BCUT2D eigenvalue weighted by atomic mass is 32.2. The first-order valence-electron chi connectivity index (χ1n) is 5.23. The van der Waals surface area contributed by atoms with Gasteiger partial charge in [-0.1, -0.05) is 19.1 Å². The molecule has 84 valence electrons. The molecule has 0 saturated carbocycles. The molecule has 1 aromatic carbocycles. The molecule has 0 spiro atoms. The maximum absolute atomic E-state index is 5.93. The largest absolute Gasteiger partial charge is 0.383 e. The molecule has 2 N–H and O–H groups in total. The van der Waals surface area contributed by atoms with Gasteiger partial charge in [0.25, 0.3) is 0 Å². The monoisotopic (exact) mass is 233 g/mol. The van der Waals surface area contributed by atoms with Gasteiger partial charge in [-0.3, -0.25) is 4.68 Å². The van der Waals surface area contributed by atoms with Crippen molar-refractivity contribution in [1.29, 1.82) is 0 Å². The molecule has 0 bridgehead atoms. The van der Waals surface area contributed by atoms with Crippen LogP contribution < -0.4 is 5.73 Å². The summed E-state index contributed by atoms with van der Waals surface area (Å²) in [5.41, 5.74) is 8.04. The lowest BCUT2D eigenvalue weighted by atomic mass is 10.1. The third-order valence-electron chi connectivity index (χ3n) is 2.46. The number of hydrogen-bond acceptors (Lipinski definition) is 3. The van der Waals surface area contributed by atoms with Gasteiger partial charge in [0, 0.05) is 17.5 Å². The lowest BCUT2D eigenvalue weighted by Crippen LogP contribution is -1.97. The molecule has 0 atom stereocenters. The average Bonchev–Trinajstić information content (AvgIpc) is 2.62. The van der Waals surface area contributed by atoms with Gasteiger partial charge in [0.2, 0.25) is 0 Å². The first kappa shape index (κ1) is 11.1. The zero-order valence-corrected chi connectivity index (χ0v) is 10.3. The molecule has 0 fully saturated rings. The SMILES string of the molecule is CCSc1ccc(-c2cnn(C)c2N)cc1. The van der Waals surface area contributed by atoms with E-state index in [2.05, 4.69) is 36.3 Å². The normalized spacial score (nSPS) is 10.6. The quantitative estimate of drug-likeness (QED) is 0.829. The molecule has 0 radical (unpaired) electrons. The Bertz CT molecular complexity index is 474. The van der Waals surface area contributed by atoms with Crippen LogP contribution in [-0.4, -0.2) is 15.5 Å².